The van der Waals surface area contributed by atoms with Crippen LogP contribution in [0.15, 0.2) is 0 Å². The molecule has 2 heterocycles. The number of β-amino-alcohol motifs (C(OH)–C–C–N with tert-alkyl or cyclic N) is 2. The van der Waals surface area contributed by atoms with Crippen molar-refractivity contribution in [2.75, 3.05) is 183 Å². The van der Waals surface area contributed by atoms with E-state index in [1.54, 1.807) is 0 Å². The minimum absolute atomic E-state index is 0.0392. The molecule has 0 saturated carbocycles. The fraction of sp³-hybridized carbons (Fsp3) is 0.900. The van der Waals surface area contributed by atoms with Crippen molar-refractivity contribution in [1.29, 1.82) is 0 Å². The molecule has 0 amide bonds. The molecule has 2 aliphatic heterocycles. The molecule has 0 spiro atoms. The Balaban J connectivity index is 2.18. The first kappa shape index (κ1) is 76.4. The Hall–Kier alpha value is -3.66. The normalized spacial score (nSPS) is 19.1. The number of rotatable bonds is 23. The number of aliphatic hydroxyl groups excluding tert-OH is 2. The Kier molecular flexibility index (Phi) is 32.7. The quantitative estimate of drug-likeness (QED) is 0.0641. The van der Waals surface area contributed by atoms with Gasteiger partial charge in [0.25, 0.3) is 0 Å². The molecule has 4 N–H and O–H groups in total. The van der Waals surface area contributed by atoms with Gasteiger partial charge >= 0.3 is 35.8 Å². The molecule has 0 radical (unpaired) electrons. The predicted molar refractivity (Wildman–Crippen MR) is 324 cm³/mol. The molecule has 0 bridgehead atoms. The van der Waals surface area contributed by atoms with Gasteiger partial charge in [0.1, 0.15) is 33.6 Å². The molecule has 0 aromatic carbocycles. The van der Waals surface area contributed by atoms with E-state index in [0.717, 1.165) is 0 Å². The maximum atomic E-state index is 13.2. The SMILES string of the molecule is CC(C)(C)OC(=O)CN1CCN(CC(=O)OC(C)(C)C)CCN(CC(O)CNCCNCC(O)CN2CCN(CC(=O)OC(C)(C)C)CCN(CC(=O)OC(C)(C)C)CCN(CC(=O)OC(C)(C)C)CC2)CCN(CC(=O)OC(C)(C)C)CC1. The van der Waals surface area contributed by atoms with E-state index < -0.39 is 45.8 Å². The van der Waals surface area contributed by atoms with E-state index in [1.165, 1.54) is 0 Å². The lowest BCUT2D eigenvalue weighted by atomic mass is 10.2. The first-order valence-corrected chi connectivity index (χ1v) is 30.4. The maximum absolute atomic E-state index is 13.2. The largest absolute Gasteiger partial charge is 0.459 e. The van der Waals surface area contributed by atoms with E-state index in [1.807, 2.05) is 154 Å². The second kappa shape index (κ2) is 36.0. The van der Waals surface area contributed by atoms with Crippen molar-refractivity contribution in [2.45, 2.75) is 170 Å². The van der Waals surface area contributed by atoms with E-state index in [9.17, 15) is 39.0 Å². The summed E-state index contributed by atoms with van der Waals surface area (Å²) in [6, 6.07) is 0. The van der Waals surface area contributed by atoms with Gasteiger partial charge in [-0.05, 0) is 125 Å². The Bertz CT molecular complexity index is 1750. The Morgan fingerprint density at radius 1 is 0.298 bits per heavy atom. The number of carbonyl (C=O) groups is 6. The molecule has 2 fully saturated rings. The smallest absolute Gasteiger partial charge is 0.320 e. The number of esters is 6. The van der Waals surface area contributed by atoms with Gasteiger partial charge in [-0.15, -0.1) is 0 Å². The highest BCUT2D eigenvalue weighted by Crippen LogP contribution is 2.15. The summed E-state index contributed by atoms with van der Waals surface area (Å²) < 4.78 is 34.2. The van der Waals surface area contributed by atoms with Gasteiger partial charge in [0, 0.05) is 144 Å². The second-order valence-corrected chi connectivity index (χ2v) is 28.5. The van der Waals surface area contributed by atoms with E-state index in [2.05, 4.69) is 20.4 Å². The van der Waals surface area contributed by atoms with Crippen molar-refractivity contribution >= 4 is 35.8 Å². The molecule has 2 unspecified atom stereocenters. The zero-order valence-electron chi connectivity index (χ0n) is 55.3. The van der Waals surface area contributed by atoms with Crippen LogP contribution >= 0.6 is 0 Å². The van der Waals surface area contributed by atoms with Crippen LogP contribution in [0.4, 0.5) is 0 Å². The van der Waals surface area contributed by atoms with Gasteiger partial charge in [0.2, 0.25) is 0 Å². The van der Waals surface area contributed by atoms with E-state index >= 15 is 0 Å². The number of carbonyl (C=O) groups excluding carboxylic acids is 6. The van der Waals surface area contributed by atoms with Gasteiger partial charge in [-0.1, -0.05) is 0 Å². The lowest BCUT2D eigenvalue weighted by molar-refractivity contribution is -0.158. The van der Waals surface area contributed by atoms with E-state index in [0.29, 0.717) is 131 Å². The topological polar surface area (TPSA) is 248 Å². The van der Waals surface area contributed by atoms with Gasteiger partial charge in [-0.2, -0.15) is 0 Å². The fourth-order valence-electron chi connectivity index (χ4n) is 9.25. The summed E-state index contributed by atoms with van der Waals surface area (Å²) in [5.74, 6) is -2.17. The van der Waals surface area contributed by atoms with Crippen LogP contribution in [0, 0.1) is 0 Å². The highest BCUT2D eigenvalue weighted by atomic mass is 16.6. The minimum Gasteiger partial charge on any atom is -0.459 e. The first-order chi connectivity index (χ1) is 38.6. The number of ether oxygens (including phenoxy) is 6. The van der Waals surface area contributed by atoms with Gasteiger partial charge in [0.05, 0.1) is 51.5 Å². The van der Waals surface area contributed by atoms with Crippen LogP contribution in [-0.4, -0.2) is 314 Å². The van der Waals surface area contributed by atoms with Gasteiger partial charge in [0.15, 0.2) is 0 Å². The number of nitrogens with zero attached hydrogens (tertiary/aromatic N) is 8. The number of hydrogen-bond donors (Lipinski definition) is 4. The van der Waals surface area contributed by atoms with Crippen LogP contribution in [0.3, 0.4) is 0 Å². The average molecular weight is 1200 g/mol. The molecule has 2 saturated heterocycles. The second-order valence-electron chi connectivity index (χ2n) is 28.5. The molecule has 2 aliphatic rings. The van der Waals surface area contributed by atoms with Crippen LogP contribution in [0.25, 0.3) is 0 Å². The summed E-state index contributed by atoms with van der Waals surface area (Å²) in [7, 11) is 0. The molecule has 0 aromatic rings. The van der Waals surface area contributed by atoms with Crippen molar-refractivity contribution < 1.29 is 67.4 Å². The van der Waals surface area contributed by atoms with Crippen molar-refractivity contribution in [3.05, 3.63) is 0 Å². The number of nitrogens with one attached hydrogen (secondary N) is 2. The van der Waals surface area contributed by atoms with Gasteiger partial charge in [-0.3, -0.25) is 68.0 Å². The van der Waals surface area contributed by atoms with E-state index in [4.69, 9.17) is 28.4 Å². The molecule has 2 rings (SSSR count). The zero-order chi connectivity index (χ0) is 63.7. The molecule has 2 atom stereocenters. The summed E-state index contributed by atoms with van der Waals surface area (Å²) in [4.78, 5) is 95.2. The third kappa shape index (κ3) is 40.7. The summed E-state index contributed by atoms with van der Waals surface area (Å²) in [5.41, 5.74) is -4.00. The third-order valence-electron chi connectivity index (χ3n) is 12.7. The maximum Gasteiger partial charge on any atom is 0.320 e. The Morgan fingerprint density at radius 2 is 0.440 bits per heavy atom. The lowest BCUT2D eigenvalue weighted by Gasteiger charge is -2.35. The molecule has 24 heteroatoms. The molecule has 490 valence electrons. The van der Waals surface area contributed by atoms with Crippen LogP contribution in [-0.2, 0) is 57.2 Å². The summed E-state index contributed by atoms with van der Waals surface area (Å²) in [6.07, 6.45) is -1.53. The third-order valence-corrected chi connectivity index (χ3v) is 12.7. The summed E-state index contributed by atoms with van der Waals surface area (Å²) in [5, 5.41) is 29.6. The lowest BCUT2D eigenvalue weighted by Crippen LogP contribution is -2.51. The van der Waals surface area contributed by atoms with Crippen LogP contribution in [0.5, 0.6) is 0 Å². The fourth-order valence-corrected chi connectivity index (χ4v) is 9.25. The molecule has 24 nitrogen and oxygen atoms in total. The monoisotopic (exact) mass is 1200 g/mol. The van der Waals surface area contributed by atoms with Crippen LogP contribution in [0.1, 0.15) is 125 Å². The number of hydrogen-bond acceptors (Lipinski definition) is 24. The highest BCUT2D eigenvalue weighted by molar-refractivity contribution is 5.74. The van der Waals surface area contributed by atoms with Crippen molar-refractivity contribution in [1.82, 2.24) is 49.8 Å². The first-order valence-electron chi connectivity index (χ1n) is 30.4. The molecule has 0 aromatic heterocycles. The summed E-state index contributed by atoms with van der Waals surface area (Å²) in [6.45, 7) is 42.9. The molecular formula is C60H116N10O14. The Labute approximate surface area is 505 Å². The number of aliphatic hydroxyl groups is 2. The Morgan fingerprint density at radius 3 is 0.583 bits per heavy atom. The zero-order valence-corrected chi connectivity index (χ0v) is 55.3. The standard InChI is InChI=1S/C60H116N10O14/c1-55(2,3)79-49(73)41-65-25-21-63(22-26-66(42-50(74)80-56(4,5)6)30-34-69(33-29-65)45-53(77)83-59(13,14)15)39-47(71)37-61-19-20-62-38-48(72)40-64-23-27-67(43-51(75)81-57(7,8)9)31-35-70(46-54(78)84-60(16,17)18)36-32-68(28-24-64)44-52(76)82-58(10,11)12/h47-48,61-62,71-72H,19-46H2,1-18H3. The molecular weight excluding hydrogens is 1080 g/mol. The summed E-state index contributed by atoms with van der Waals surface area (Å²) >= 11 is 0. The van der Waals surface area contributed by atoms with Crippen molar-refractivity contribution in [2.24, 2.45) is 0 Å². The van der Waals surface area contributed by atoms with Crippen LogP contribution in [0.2, 0.25) is 0 Å². The van der Waals surface area contributed by atoms with Crippen molar-refractivity contribution in [3.63, 3.8) is 0 Å². The molecule has 84 heavy (non-hydrogen) atoms. The molecule has 0 aliphatic carbocycles. The van der Waals surface area contributed by atoms with Gasteiger partial charge in [-0.25, -0.2) is 0 Å². The van der Waals surface area contributed by atoms with Crippen LogP contribution < -0.4 is 10.6 Å². The highest BCUT2D eigenvalue weighted by Gasteiger charge is 2.29. The van der Waals surface area contributed by atoms with Gasteiger partial charge < -0.3 is 49.3 Å². The average Bonchev–Trinajstić information content (AvgIpc) is 3.38. The predicted octanol–water partition coefficient (Wildman–Crippen LogP) is 1.38. The minimum atomic E-state index is -0.766. The van der Waals surface area contributed by atoms with E-state index in [-0.39, 0.29) is 88.2 Å². The van der Waals surface area contributed by atoms with Crippen molar-refractivity contribution in [3.8, 4) is 0 Å².